The van der Waals surface area contributed by atoms with E-state index in [1.165, 1.54) is 5.56 Å². The quantitative estimate of drug-likeness (QED) is 0.766. The number of ether oxygens (including phenoxy) is 1. The van der Waals surface area contributed by atoms with Gasteiger partial charge < -0.3 is 20.7 Å². The molecule has 1 saturated heterocycles. The Morgan fingerprint density at radius 2 is 1.95 bits per heavy atom. The first-order valence-electron chi connectivity index (χ1n) is 7.15. The molecular weight excluding hydrogens is 254 g/mol. The molecule has 0 radical (unpaired) electrons. The number of fused-ring (bicyclic) bond motifs is 1. The number of carbonyl (C=O) groups is 1. The van der Waals surface area contributed by atoms with Crippen LogP contribution in [0.2, 0.25) is 0 Å². The maximum Gasteiger partial charge on any atom is 0.224 e. The zero-order chi connectivity index (χ0) is 14.3. The fourth-order valence-electron chi connectivity index (χ4n) is 3.08. The first-order valence-corrected chi connectivity index (χ1v) is 7.15. The fourth-order valence-corrected chi connectivity index (χ4v) is 3.08. The Balaban J connectivity index is 1.92. The molecule has 0 unspecified atom stereocenters. The highest BCUT2D eigenvalue weighted by molar-refractivity contribution is 5.95. The van der Waals surface area contributed by atoms with E-state index in [0.29, 0.717) is 12.1 Å². The van der Waals surface area contributed by atoms with Crippen LogP contribution in [0.3, 0.4) is 0 Å². The summed E-state index contributed by atoms with van der Waals surface area (Å²) in [5.74, 6) is 0.0678. The topological polar surface area (TPSA) is 67.6 Å². The van der Waals surface area contributed by atoms with Crippen molar-refractivity contribution in [2.75, 3.05) is 29.0 Å². The molecule has 2 aliphatic rings. The summed E-state index contributed by atoms with van der Waals surface area (Å²) in [4.78, 5) is 13.7. The van der Waals surface area contributed by atoms with E-state index in [9.17, 15) is 4.79 Å². The molecule has 1 fully saturated rings. The number of rotatable bonds is 1. The normalized spacial score (nSPS) is 26.1. The van der Waals surface area contributed by atoms with Gasteiger partial charge in [-0.25, -0.2) is 0 Å². The largest absolute Gasteiger partial charge is 0.397 e. The minimum absolute atomic E-state index is 0.0678. The van der Waals surface area contributed by atoms with E-state index in [4.69, 9.17) is 10.5 Å². The Bertz CT molecular complexity index is 534. The van der Waals surface area contributed by atoms with Gasteiger partial charge in [0, 0.05) is 25.2 Å². The van der Waals surface area contributed by atoms with Gasteiger partial charge in [-0.3, -0.25) is 4.79 Å². The lowest BCUT2D eigenvalue weighted by molar-refractivity contribution is -0.116. The summed E-state index contributed by atoms with van der Waals surface area (Å²) in [6, 6.07) is 4.00. The fraction of sp³-hybridized carbons (Fsp3) is 0.533. The van der Waals surface area contributed by atoms with Crippen LogP contribution in [0.15, 0.2) is 12.1 Å². The Kier molecular flexibility index (Phi) is 3.30. The summed E-state index contributed by atoms with van der Waals surface area (Å²) in [7, 11) is 0. The molecule has 0 aliphatic carbocycles. The van der Waals surface area contributed by atoms with Crippen LogP contribution >= 0.6 is 0 Å². The lowest BCUT2D eigenvalue weighted by Crippen LogP contribution is -2.45. The molecule has 1 aromatic rings. The second-order valence-electron chi connectivity index (χ2n) is 5.78. The molecule has 1 aromatic carbocycles. The van der Waals surface area contributed by atoms with Crippen molar-refractivity contribution in [1.29, 1.82) is 0 Å². The molecule has 2 atom stereocenters. The minimum Gasteiger partial charge on any atom is -0.397 e. The molecular formula is C15H21N3O2. The number of nitrogens with one attached hydrogen (secondary N) is 1. The minimum atomic E-state index is 0.0678. The maximum atomic E-state index is 11.4. The van der Waals surface area contributed by atoms with Crippen LogP contribution in [0.4, 0.5) is 17.1 Å². The number of hydrogen-bond acceptors (Lipinski definition) is 4. The Hall–Kier alpha value is -1.75. The van der Waals surface area contributed by atoms with Crippen molar-refractivity contribution < 1.29 is 9.53 Å². The van der Waals surface area contributed by atoms with Crippen LogP contribution in [0.5, 0.6) is 0 Å². The molecule has 108 valence electrons. The SMILES string of the molecule is C[C@@H]1CN(c2cc3c(cc2N)NC(=O)CC3)C[C@H](C)O1. The lowest BCUT2D eigenvalue weighted by Gasteiger charge is -2.38. The van der Waals surface area contributed by atoms with Crippen LogP contribution in [-0.2, 0) is 16.0 Å². The number of carbonyl (C=O) groups excluding carboxylic acids is 1. The first-order chi connectivity index (χ1) is 9.52. The Morgan fingerprint density at radius 1 is 1.25 bits per heavy atom. The predicted molar refractivity (Wildman–Crippen MR) is 80.0 cm³/mol. The van der Waals surface area contributed by atoms with E-state index in [2.05, 4.69) is 30.1 Å². The van der Waals surface area contributed by atoms with Crippen molar-refractivity contribution in [2.45, 2.75) is 38.9 Å². The summed E-state index contributed by atoms with van der Waals surface area (Å²) < 4.78 is 5.76. The van der Waals surface area contributed by atoms with Gasteiger partial charge in [-0.15, -0.1) is 0 Å². The van der Waals surface area contributed by atoms with E-state index < -0.39 is 0 Å². The monoisotopic (exact) mass is 275 g/mol. The van der Waals surface area contributed by atoms with Crippen molar-refractivity contribution in [1.82, 2.24) is 0 Å². The molecule has 5 heteroatoms. The van der Waals surface area contributed by atoms with Gasteiger partial charge in [-0.2, -0.15) is 0 Å². The van der Waals surface area contributed by atoms with E-state index >= 15 is 0 Å². The van der Waals surface area contributed by atoms with E-state index in [-0.39, 0.29) is 18.1 Å². The number of amides is 1. The van der Waals surface area contributed by atoms with Crippen LogP contribution in [-0.4, -0.2) is 31.2 Å². The van der Waals surface area contributed by atoms with Gasteiger partial charge >= 0.3 is 0 Å². The smallest absolute Gasteiger partial charge is 0.224 e. The van der Waals surface area contributed by atoms with E-state index in [1.807, 2.05) is 6.07 Å². The van der Waals surface area contributed by atoms with Crippen molar-refractivity contribution in [2.24, 2.45) is 0 Å². The van der Waals surface area contributed by atoms with Crippen molar-refractivity contribution in [3.05, 3.63) is 17.7 Å². The summed E-state index contributed by atoms with van der Waals surface area (Å²) in [5, 5.41) is 2.89. The van der Waals surface area contributed by atoms with E-state index in [1.54, 1.807) is 0 Å². The Labute approximate surface area is 119 Å². The van der Waals surface area contributed by atoms with Crippen LogP contribution in [0.25, 0.3) is 0 Å². The number of hydrogen-bond donors (Lipinski definition) is 2. The number of nitrogens with two attached hydrogens (primary N) is 1. The summed E-state index contributed by atoms with van der Waals surface area (Å²) in [5.41, 5.74) is 9.98. The number of morpholine rings is 1. The van der Waals surface area contributed by atoms with Crippen molar-refractivity contribution in [3.63, 3.8) is 0 Å². The second kappa shape index (κ2) is 4.98. The van der Waals surface area contributed by atoms with Crippen LogP contribution < -0.4 is 16.0 Å². The zero-order valence-electron chi connectivity index (χ0n) is 12.0. The van der Waals surface area contributed by atoms with Gasteiger partial charge in [-0.1, -0.05) is 0 Å². The standard InChI is InChI=1S/C15H21N3O2/c1-9-7-18(8-10(2)20-9)14-5-11-3-4-15(19)17-13(11)6-12(14)16/h5-6,9-10H,3-4,7-8,16H2,1-2H3,(H,17,19)/t9-,10+. The predicted octanol–water partition coefficient (Wildman–Crippen LogP) is 1.77. The van der Waals surface area contributed by atoms with Gasteiger partial charge in [0.25, 0.3) is 0 Å². The van der Waals surface area contributed by atoms with Crippen molar-refractivity contribution >= 4 is 23.0 Å². The molecule has 0 bridgehead atoms. The average Bonchev–Trinajstić information content (AvgIpc) is 2.36. The van der Waals surface area contributed by atoms with Crippen LogP contribution in [0, 0.1) is 0 Å². The van der Waals surface area contributed by atoms with Gasteiger partial charge in [0.1, 0.15) is 0 Å². The highest BCUT2D eigenvalue weighted by atomic mass is 16.5. The molecule has 2 aliphatic heterocycles. The maximum absolute atomic E-state index is 11.4. The third-order valence-corrected chi connectivity index (χ3v) is 3.91. The van der Waals surface area contributed by atoms with Gasteiger partial charge in [0.05, 0.1) is 23.6 Å². The molecule has 0 spiro atoms. The lowest BCUT2D eigenvalue weighted by atomic mass is 10.0. The average molecular weight is 275 g/mol. The number of anilines is 3. The summed E-state index contributed by atoms with van der Waals surface area (Å²) in [6.45, 7) is 5.86. The highest BCUT2D eigenvalue weighted by Crippen LogP contribution is 2.34. The molecule has 3 N–H and O–H groups in total. The van der Waals surface area contributed by atoms with Crippen molar-refractivity contribution in [3.8, 4) is 0 Å². The van der Waals surface area contributed by atoms with Gasteiger partial charge in [0.2, 0.25) is 5.91 Å². The third kappa shape index (κ3) is 2.45. The number of nitrogens with zero attached hydrogens (tertiary/aromatic N) is 1. The molecule has 0 saturated carbocycles. The third-order valence-electron chi connectivity index (χ3n) is 3.91. The number of benzene rings is 1. The molecule has 1 amide bonds. The zero-order valence-corrected chi connectivity index (χ0v) is 12.0. The number of aryl methyl sites for hydroxylation is 1. The summed E-state index contributed by atoms with van der Waals surface area (Å²) in [6.07, 6.45) is 1.73. The molecule has 2 heterocycles. The highest BCUT2D eigenvalue weighted by Gasteiger charge is 2.25. The molecule has 20 heavy (non-hydrogen) atoms. The molecule has 5 nitrogen and oxygen atoms in total. The number of nitrogen functional groups attached to an aromatic ring is 1. The van der Waals surface area contributed by atoms with Gasteiger partial charge in [0.15, 0.2) is 0 Å². The Morgan fingerprint density at radius 3 is 2.65 bits per heavy atom. The van der Waals surface area contributed by atoms with Crippen LogP contribution in [0.1, 0.15) is 25.8 Å². The van der Waals surface area contributed by atoms with E-state index in [0.717, 1.165) is 30.9 Å². The summed E-state index contributed by atoms with van der Waals surface area (Å²) >= 11 is 0. The molecule has 3 rings (SSSR count). The molecule has 0 aromatic heterocycles. The first kappa shape index (κ1) is 13.2. The second-order valence-corrected chi connectivity index (χ2v) is 5.78. The van der Waals surface area contributed by atoms with Gasteiger partial charge in [-0.05, 0) is 38.0 Å².